The summed E-state index contributed by atoms with van der Waals surface area (Å²) in [7, 11) is 3.17. The maximum absolute atomic E-state index is 11.1. The van der Waals surface area contributed by atoms with E-state index in [2.05, 4.69) is 0 Å². The van der Waals surface area contributed by atoms with Gasteiger partial charge in [0.2, 0.25) is 0 Å². The van der Waals surface area contributed by atoms with Gasteiger partial charge in [-0.3, -0.25) is 4.79 Å². The maximum atomic E-state index is 11.1. The van der Waals surface area contributed by atoms with E-state index in [0.717, 1.165) is 11.1 Å². The number of aryl methyl sites for hydroxylation is 1. The molecular formula is C14H18O5. The molecule has 19 heavy (non-hydrogen) atoms. The van der Waals surface area contributed by atoms with Gasteiger partial charge < -0.3 is 19.3 Å². The molecule has 1 aromatic carbocycles. The second kappa shape index (κ2) is 5.09. The first-order valence-corrected chi connectivity index (χ1v) is 6.05. The van der Waals surface area contributed by atoms with Crippen LogP contribution in [0.25, 0.3) is 0 Å². The van der Waals surface area contributed by atoms with E-state index in [-0.39, 0.29) is 6.42 Å². The van der Waals surface area contributed by atoms with E-state index in [4.69, 9.17) is 19.3 Å². The Bertz CT molecular complexity index is 491. The second-order valence-corrected chi connectivity index (χ2v) is 4.87. The maximum Gasteiger partial charge on any atom is 0.304 e. The minimum Gasteiger partial charge on any atom is -0.497 e. The van der Waals surface area contributed by atoms with Gasteiger partial charge in [0.05, 0.1) is 39.3 Å². The number of aliphatic carboxylic acids is 1. The van der Waals surface area contributed by atoms with Crippen LogP contribution in [0.4, 0.5) is 0 Å². The van der Waals surface area contributed by atoms with Crippen LogP contribution in [0, 0.1) is 6.92 Å². The van der Waals surface area contributed by atoms with Gasteiger partial charge >= 0.3 is 5.97 Å². The van der Waals surface area contributed by atoms with E-state index in [1.807, 2.05) is 13.0 Å². The van der Waals surface area contributed by atoms with Crippen molar-refractivity contribution in [3.8, 4) is 11.5 Å². The van der Waals surface area contributed by atoms with E-state index in [0.29, 0.717) is 24.7 Å². The lowest BCUT2D eigenvalue weighted by molar-refractivity contribution is -0.145. The van der Waals surface area contributed by atoms with Gasteiger partial charge in [-0.05, 0) is 18.6 Å². The highest BCUT2D eigenvalue weighted by Gasteiger charge is 2.45. The Morgan fingerprint density at radius 1 is 1.37 bits per heavy atom. The van der Waals surface area contributed by atoms with Crippen LogP contribution in [0.3, 0.4) is 0 Å². The highest BCUT2D eigenvalue weighted by atomic mass is 16.5. The lowest BCUT2D eigenvalue weighted by Gasteiger charge is -2.42. The Kier molecular flexibility index (Phi) is 3.66. The smallest absolute Gasteiger partial charge is 0.304 e. The summed E-state index contributed by atoms with van der Waals surface area (Å²) in [5.74, 6) is 0.519. The van der Waals surface area contributed by atoms with Crippen molar-refractivity contribution in [3.05, 3.63) is 23.3 Å². The average Bonchev–Trinajstić information content (AvgIpc) is 2.33. The molecule has 0 amide bonds. The number of hydrogen-bond donors (Lipinski definition) is 1. The molecule has 0 atom stereocenters. The van der Waals surface area contributed by atoms with Crippen LogP contribution in [0.2, 0.25) is 0 Å². The highest BCUT2D eigenvalue weighted by molar-refractivity contribution is 5.70. The fourth-order valence-corrected chi connectivity index (χ4v) is 2.65. The van der Waals surface area contributed by atoms with E-state index >= 15 is 0 Å². The van der Waals surface area contributed by atoms with Crippen molar-refractivity contribution in [2.45, 2.75) is 18.8 Å². The molecule has 2 rings (SSSR count). The minimum absolute atomic E-state index is 0.0382. The summed E-state index contributed by atoms with van der Waals surface area (Å²) in [5.41, 5.74) is 1.37. The summed E-state index contributed by atoms with van der Waals surface area (Å²) >= 11 is 0. The molecule has 0 saturated carbocycles. The number of benzene rings is 1. The van der Waals surface area contributed by atoms with Crippen molar-refractivity contribution >= 4 is 5.97 Å². The Hall–Kier alpha value is -1.75. The van der Waals surface area contributed by atoms with Crippen molar-refractivity contribution < 1.29 is 24.1 Å². The normalized spacial score (nSPS) is 16.6. The third kappa shape index (κ3) is 2.38. The van der Waals surface area contributed by atoms with Gasteiger partial charge in [-0.15, -0.1) is 0 Å². The molecule has 1 fully saturated rings. The molecule has 0 spiro atoms. The quantitative estimate of drug-likeness (QED) is 0.879. The third-order valence-corrected chi connectivity index (χ3v) is 3.51. The van der Waals surface area contributed by atoms with E-state index in [9.17, 15) is 4.79 Å². The lowest BCUT2D eigenvalue weighted by atomic mass is 9.73. The van der Waals surface area contributed by atoms with Gasteiger partial charge in [0.15, 0.2) is 0 Å². The number of carboxylic acid groups (broad SMARTS) is 1. The summed E-state index contributed by atoms with van der Waals surface area (Å²) in [6, 6.07) is 3.67. The molecule has 0 bridgehead atoms. The van der Waals surface area contributed by atoms with Crippen molar-refractivity contribution in [1.82, 2.24) is 0 Å². The lowest BCUT2D eigenvalue weighted by Crippen LogP contribution is -2.48. The van der Waals surface area contributed by atoms with Gasteiger partial charge in [0.25, 0.3) is 0 Å². The molecular weight excluding hydrogens is 248 g/mol. The van der Waals surface area contributed by atoms with Crippen molar-refractivity contribution in [3.63, 3.8) is 0 Å². The molecule has 0 aliphatic carbocycles. The van der Waals surface area contributed by atoms with Gasteiger partial charge in [0, 0.05) is 11.6 Å². The monoisotopic (exact) mass is 266 g/mol. The highest BCUT2D eigenvalue weighted by Crippen LogP contribution is 2.44. The van der Waals surface area contributed by atoms with Gasteiger partial charge in [-0.1, -0.05) is 0 Å². The molecule has 104 valence electrons. The van der Waals surface area contributed by atoms with Crippen molar-refractivity contribution in [1.29, 1.82) is 0 Å². The molecule has 1 N–H and O–H groups in total. The molecule has 0 radical (unpaired) electrons. The topological polar surface area (TPSA) is 65.0 Å². The molecule has 1 saturated heterocycles. The number of ether oxygens (including phenoxy) is 3. The molecule has 1 heterocycles. The van der Waals surface area contributed by atoms with Crippen LogP contribution in [0.5, 0.6) is 11.5 Å². The second-order valence-electron chi connectivity index (χ2n) is 4.87. The van der Waals surface area contributed by atoms with Crippen LogP contribution < -0.4 is 9.47 Å². The molecule has 0 aromatic heterocycles. The molecule has 1 aromatic rings. The fourth-order valence-electron chi connectivity index (χ4n) is 2.65. The van der Waals surface area contributed by atoms with Crippen LogP contribution in [0.1, 0.15) is 17.5 Å². The zero-order valence-electron chi connectivity index (χ0n) is 11.4. The standard InChI is InChI=1S/C14H18O5/c1-9-4-10(17-2)5-11(18-3)13(9)14(6-12(15)16)7-19-8-14/h4-5H,6-8H2,1-3H3,(H,15,16). The fraction of sp³-hybridized carbons (Fsp3) is 0.500. The van der Waals surface area contributed by atoms with Crippen LogP contribution in [-0.4, -0.2) is 38.5 Å². The van der Waals surface area contributed by atoms with Gasteiger partial charge in [-0.25, -0.2) is 0 Å². The third-order valence-electron chi connectivity index (χ3n) is 3.51. The molecule has 1 aliphatic rings. The summed E-state index contributed by atoms with van der Waals surface area (Å²) in [6.07, 6.45) is 0.0382. The first kappa shape index (κ1) is 13.7. The number of carbonyl (C=O) groups is 1. The number of methoxy groups -OCH3 is 2. The summed E-state index contributed by atoms with van der Waals surface area (Å²) < 4.78 is 15.9. The van der Waals surface area contributed by atoms with E-state index in [1.54, 1.807) is 20.3 Å². The Morgan fingerprint density at radius 3 is 2.47 bits per heavy atom. The molecule has 1 aliphatic heterocycles. The Morgan fingerprint density at radius 2 is 2.05 bits per heavy atom. The zero-order chi connectivity index (χ0) is 14.0. The largest absolute Gasteiger partial charge is 0.497 e. The average molecular weight is 266 g/mol. The number of carboxylic acids is 1. The number of hydrogen-bond acceptors (Lipinski definition) is 4. The van der Waals surface area contributed by atoms with Gasteiger partial charge in [-0.2, -0.15) is 0 Å². The predicted octanol–water partition coefficient (Wildman–Crippen LogP) is 1.75. The summed E-state index contributed by atoms with van der Waals surface area (Å²) in [6.45, 7) is 2.74. The minimum atomic E-state index is -0.833. The summed E-state index contributed by atoms with van der Waals surface area (Å²) in [4.78, 5) is 11.1. The van der Waals surface area contributed by atoms with Crippen LogP contribution >= 0.6 is 0 Å². The van der Waals surface area contributed by atoms with E-state index in [1.165, 1.54) is 0 Å². The van der Waals surface area contributed by atoms with Crippen molar-refractivity contribution in [2.24, 2.45) is 0 Å². The summed E-state index contributed by atoms with van der Waals surface area (Å²) in [5, 5.41) is 9.11. The number of rotatable bonds is 5. The Balaban J connectivity index is 2.50. The first-order valence-electron chi connectivity index (χ1n) is 6.05. The first-order chi connectivity index (χ1) is 9.02. The van der Waals surface area contributed by atoms with Gasteiger partial charge in [0.1, 0.15) is 11.5 Å². The molecule has 5 nitrogen and oxygen atoms in total. The Labute approximate surface area is 112 Å². The SMILES string of the molecule is COc1cc(C)c(C2(CC(=O)O)COC2)c(OC)c1. The molecule has 0 unspecified atom stereocenters. The zero-order valence-corrected chi connectivity index (χ0v) is 11.4. The van der Waals surface area contributed by atoms with Crippen molar-refractivity contribution in [2.75, 3.05) is 27.4 Å². The van der Waals surface area contributed by atoms with Crippen LogP contribution in [0.15, 0.2) is 12.1 Å². The van der Waals surface area contributed by atoms with Crippen LogP contribution in [-0.2, 0) is 14.9 Å². The predicted molar refractivity (Wildman–Crippen MR) is 69.0 cm³/mol. The molecule has 5 heteroatoms. The van der Waals surface area contributed by atoms with E-state index < -0.39 is 11.4 Å².